The zero-order chi connectivity index (χ0) is 19.9. The van der Waals surface area contributed by atoms with Gasteiger partial charge in [0.2, 0.25) is 0 Å². The molecule has 0 spiro atoms. The first-order valence-electron chi connectivity index (χ1n) is 9.59. The predicted molar refractivity (Wildman–Crippen MR) is 116 cm³/mol. The minimum atomic E-state index is -0.226. The van der Waals surface area contributed by atoms with Crippen LogP contribution in [0.4, 0.5) is 5.82 Å². The molecule has 0 unspecified atom stereocenters. The van der Waals surface area contributed by atoms with E-state index in [2.05, 4.69) is 41.6 Å². The van der Waals surface area contributed by atoms with Gasteiger partial charge in [0.05, 0.1) is 11.4 Å². The van der Waals surface area contributed by atoms with Crippen molar-refractivity contribution in [1.82, 2.24) is 25.3 Å². The van der Waals surface area contributed by atoms with Crippen LogP contribution < -0.4 is 10.6 Å². The van der Waals surface area contributed by atoms with Crippen LogP contribution in [0.5, 0.6) is 0 Å². The van der Waals surface area contributed by atoms with Crippen molar-refractivity contribution >= 4 is 24.1 Å². The highest BCUT2D eigenvalue weighted by atomic mass is 35.5. The molecule has 1 aliphatic heterocycles. The lowest BCUT2D eigenvalue weighted by molar-refractivity contribution is 0.102. The highest BCUT2D eigenvalue weighted by molar-refractivity contribution is 6.03. The number of amides is 1. The Morgan fingerprint density at radius 3 is 2.72 bits per heavy atom. The van der Waals surface area contributed by atoms with Crippen molar-refractivity contribution in [3.05, 3.63) is 58.5 Å². The summed E-state index contributed by atoms with van der Waals surface area (Å²) < 4.78 is 1.81. The van der Waals surface area contributed by atoms with Crippen molar-refractivity contribution in [3.8, 4) is 5.69 Å². The second-order valence-electron chi connectivity index (χ2n) is 8.27. The van der Waals surface area contributed by atoms with Gasteiger partial charge in [-0.2, -0.15) is 10.2 Å². The first kappa shape index (κ1) is 21.1. The van der Waals surface area contributed by atoms with Gasteiger partial charge < -0.3 is 10.6 Å². The van der Waals surface area contributed by atoms with E-state index in [1.165, 1.54) is 0 Å². The van der Waals surface area contributed by atoms with Gasteiger partial charge in [-0.15, -0.1) is 12.4 Å². The lowest BCUT2D eigenvalue weighted by atomic mass is 9.92. The normalized spacial score (nSPS) is 13.5. The molecule has 3 aromatic rings. The number of fused-ring (bicyclic) bond motifs is 1. The maximum Gasteiger partial charge on any atom is 0.277 e. The molecule has 1 aliphatic rings. The number of H-pyrrole nitrogens is 1. The summed E-state index contributed by atoms with van der Waals surface area (Å²) in [4.78, 5) is 13.0. The third-order valence-electron chi connectivity index (χ3n) is 5.08. The number of aryl methyl sites for hydroxylation is 1. The summed E-state index contributed by atoms with van der Waals surface area (Å²) in [6, 6.07) is 9.96. The molecule has 0 aliphatic carbocycles. The van der Waals surface area contributed by atoms with Crippen molar-refractivity contribution in [2.75, 3.05) is 11.9 Å². The molecule has 0 saturated carbocycles. The van der Waals surface area contributed by atoms with Crippen LogP contribution in [0.1, 0.15) is 53.8 Å². The highest BCUT2D eigenvalue weighted by Crippen LogP contribution is 2.28. The van der Waals surface area contributed by atoms with Gasteiger partial charge in [-0.1, -0.05) is 39.0 Å². The number of para-hydroxylation sites is 1. The lowest BCUT2D eigenvalue weighted by Crippen LogP contribution is -2.25. The Bertz CT molecular complexity index is 1030. The summed E-state index contributed by atoms with van der Waals surface area (Å²) in [5.74, 6) is 0.418. The smallest absolute Gasteiger partial charge is 0.277 e. The van der Waals surface area contributed by atoms with Crippen LogP contribution in [0.2, 0.25) is 0 Å². The molecule has 0 bridgehead atoms. The van der Waals surface area contributed by atoms with E-state index >= 15 is 0 Å². The number of aromatic nitrogens is 4. The van der Waals surface area contributed by atoms with Gasteiger partial charge in [0.25, 0.3) is 5.91 Å². The van der Waals surface area contributed by atoms with E-state index in [0.29, 0.717) is 18.1 Å². The van der Waals surface area contributed by atoms with E-state index in [1.807, 2.05) is 41.9 Å². The number of hydrogen-bond donors (Lipinski definition) is 3. The Labute approximate surface area is 176 Å². The third-order valence-corrected chi connectivity index (χ3v) is 5.08. The fourth-order valence-corrected chi connectivity index (χ4v) is 3.41. The molecule has 0 atom stereocenters. The molecule has 0 radical (unpaired) electrons. The van der Waals surface area contributed by atoms with Crippen LogP contribution in [0, 0.1) is 6.92 Å². The molecular formula is C21H27ClN6O. The lowest BCUT2D eigenvalue weighted by Gasteiger charge is -2.14. The molecule has 29 heavy (non-hydrogen) atoms. The summed E-state index contributed by atoms with van der Waals surface area (Å²) in [6.45, 7) is 9.91. The number of carbonyl (C=O) groups excluding carboxylic acids is 1. The maximum absolute atomic E-state index is 13.0. The van der Waals surface area contributed by atoms with Gasteiger partial charge in [-0.3, -0.25) is 9.89 Å². The first-order valence-corrected chi connectivity index (χ1v) is 9.59. The molecule has 3 heterocycles. The van der Waals surface area contributed by atoms with Gasteiger partial charge in [0, 0.05) is 42.2 Å². The maximum atomic E-state index is 13.0. The highest BCUT2D eigenvalue weighted by Gasteiger charge is 2.25. The molecule has 1 amide bonds. The number of hydrogen-bond acceptors (Lipinski definition) is 4. The molecule has 8 heteroatoms. The molecule has 4 rings (SSSR count). The summed E-state index contributed by atoms with van der Waals surface area (Å²) in [5.41, 5.74) is 5.23. The van der Waals surface area contributed by atoms with Crippen molar-refractivity contribution in [2.45, 2.75) is 46.1 Å². The Hall–Kier alpha value is -2.64. The molecule has 154 valence electrons. The summed E-state index contributed by atoms with van der Waals surface area (Å²) in [5, 5.41) is 18.4. The number of halogens is 1. The molecular weight excluding hydrogens is 388 g/mol. The van der Waals surface area contributed by atoms with Gasteiger partial charge >= 0.3 is 0 Å². The molecule has 7 nitrogen and oxygen atoms in total. The number of benzene rings is 1. The van der Waals surface area contributed by atoms with Crippen LogP contribution in [-0.2, 0) is 18.4 Å². The van der Waals surface area contributed by atoms with Gasteiger partial charge in [0.1, 0.15) is 5.82 Å². The number of nitrogens with zero attached hydrogens (tertiary/aromatic N) is 3. The van der Waals surface area contributed by atoms with Crippen molar-refractivity contribution in [1.29, 1.82) is 0 Å². The first-order chi connectivity index (χ1) is 13.3. The van der Waals surface area contributed by atoms with E-state index in [4.69, 9.17) is 5.10 Å². The average molecular weight is 415 g/mol. The number of aromatic amines is 1. The van der Waals surface area contributed by atoms with Gasteiger partial charge in [0.15, 0.2) is 5.69 Å². The van der Waals surface area contributed by atoms with E-state index in [0.717, 1.165) is 41.2 Å². The van der Waals surface area contributed by atoms with E-state index < -0.39 is 0 Å². The van der Waals surface area contributed by atoms with E-state index in [-0.39, 0.29) is 23.7 Å². The van der Waals surface area contributed by atoms with Crippen LogP contribution >= 0.6 is 12.4 Å². The number of nitrogens with one attached hydrogen (secondary N) is 3. The largest absolute Gasteiger partial charge is 0.312 e. The zero-order valence-electron chi connectivity index (χ0n) is 17.2. The average Bonchev–Trinajstić information content (AvgIpc) is 3.26. The monoisotopic (exact) mass is 414 g/mol. The summed E-state index contributed by atoms with van der Waals surface area (Å²) in [6.07, 6.45) is 0.852. The third kappa shape index (κ3) is 4.06. The quantitative estimate of drug-likeness (QED) is 0.611. The van der Waals surface area contributed by atoms with Crippen molar-refractivity contribution < 1.29 is 4.79 Å². The predicted octanol–water partition coefficient (Wildman–Crippen LogP) is 3.52. The van der Waals surface area contributed by atoms with Crippen LogP contribution in [0.3, 0.4) is 0 Å². The van der Waals surface area contributed by atoms with E-state index in [1.54, 1.807) is 0 Å². The summed E-state index contributed by atoms with van der Waals surface area (Å²) >= 11 is 0. The fraction of sp³-hybridized carbons (Fsp3) is 0.381. The van der Waals surface area contributed by atoms with Crippen molar-refractivity contribution in [3.63, 3.8) is 0 Å². The fourth-order valence-electron chi connectivity index (χ4n) is 3.41. The van der Waals surface area contributed by atoms with Crippen LogP contribution in [0.15, 0.2) is 30.3 Å². The SMILES string of the molecule is Cc1ccccc1-n1nc(C(C)(C)C)cc1NC(=O)c1n[nH]c2c1CNCC2.Cl. The Morgan fingerprint density at radius 1 is 1.24 bits per heavy atom. The molecule has 1 aromatic carbocycles. The Kier molecular flexibility index (Phi) is 5.82. The Morgan fingerprint density at radius 2 is 2.00 bits per heavy atom. The number of anilines is 1. The summed E-state index contributed by atoms with van der Waals surface area (Å²) in [7, 11) is 0. The molecule has 2 aromatic heterocycles. The molecule has 3 N–H and O–H groups in total. The second kappa shape index (κ2) is 8.00. The standard InChI is InChI=1S/C21H26N6O.ClH/c1-13-7-5-6-8-16(13)27-18(11-17(26-27)21(2,3)4)23-20(28)19-14-12-22-10-9-15(14)24-25-19;/h5-8,11,22H,9-10,12H2,1-4H3,(H,23,28)(H,24,25);1H. The minimum Gasteiger partial charge on any atom is -0.312 e. The molecule has 0 fully saturated rings. The number of rotatable bonds is 3. The minimum absolute atomic E-state index is 0. The van der Waals surface area contributed by atoms with Crippen LogP contribution in [0.25, 0.3) is 5.69 Å². The Balaban J connectivity index is 0.00000240. The zero-order valence-corrected chi connectivity index (χ0v) is 18.0. The second-order valence-corrected chi connectivity index (χ2v) is 8.27. The number of carbonyl (C=O) groups is 1. The van der Waals surface area contributed by atoms with Gasteiger partial charge in [-0.05, 0) is 18.6 Å². The topological polar surface area (TPSA) is 87.6 Å². The van der Waals surface area contributed by atoms with Gasteiger partial charge in [-0.25, -0.2) is 4.68 Å². The van der Waals surface area contributed by atoms with Crippen molar-refractivity contribution in [2.24, 2.45) is 0 Å². The van der Waals surface area contributed by atoms with E-state index in [9.17, 15) is 4.79 Å². The van der Waals surface area contributed by atoms with Crippen LogP contribution in [-0.4, -0.2) is 32.4 Å². The molecule has 0 saturated heterocycles.